The van der Waals surface area contributed by atoms with Crippen molar-refractivity contribution in [2.75, 3.05) is 0 Å². The fourth-order valence-corrected chi connectivity index (χ4v) is 11.7. The fourth-order valence-electron chi connectivity index (χ4n) is 8.52. The maximum atomic E-state index is 5.59. The first-order valence-corrected chi connectivity index (χ1v) is 22.6. The number of fused-ring (bicyclic) bond motifs is 3. The summed E-state index contributed by atoms with van der Waals surface area (Å²) in [5.74, 6) is 0.742. The molecule has 0 bridgehead atoms. The normalized spacial score (nSPS) is 12.5. The Morgan fingerprint density at radius 1 is 0.298 bits per heavy atom. The summed E-state index contributed by atoms with van der Waals surface area (Å²) in [6, 6.07) is 74.2. The van der Waals surface area contributed by atoms with E-state index in [9.17, 15) is 0 Å². The van der Waals surface area contributed by atoms with E-state index in [1.807, 2.05) is 0 Å². The molecule has 10 rings (SSSR count). The minimum Gasteiger partial charge on any atom is -0.228 e. The van der Waals surface area contributed by atoms with Crippen LogP contribution in [0.15, 0.2) is 206 Å². The van der Waals surface area contributed by atoms with Crippen LogP contribution >= 0.6 is 0 Å². The second-order valence-electron chi connectivity index (χ2n) is 15.4. The van der Waals surface area contributed by atoms with E-state index in [0.29, 0.717) is 0 Å². The first kappa shape index (κ1) is 34.5. The summed E-state index contributed by atoms with van der Waals surface area (Å²) < 4.78 is 0. The summed E-state index contributed by atoms with van der Waals surface area (Å²) in [6.07, 6.45) is 0. The number of aromatic nitrogens is 2. The van der Waals surface area contributed by atoms with Gasteiger partial charge in [-0.25, -0.2) is 9.97 Å². The number of hydrogen-bond donors (Lipinski definition) is 0. The lowest BCUT2D eigenvalue weighted by molar-refractivity contribution is 1.20. The van der Waals surface area contributed by atoms with E-state index in [0.717, 1.165) is 39.5 Å². The van der Waals surface area contributed by atoms with Crippen molar-refractivity contribution >= 4 is 18.4 Å². The molecule has 57 heavy (non-hydrogen) atoms. The highest BCUT2D eigenvalue weighted by Crippen LogP contribution is 2.38. The average Bonchev–Trinajstić information content (AvgIpc) is 3.52. The number of nitrogens with zero attached hydrogens (tertiary/aromatic N) is 2. The van der Waals surface area contributed by atoms with Gasteiger partial charge in [0.2, 0.25) is 0 Å². The third kappa shape index (κ3) is 6.42. The molecule has 2 heterocycles. The predicted octanol–water partition coefficient (Wildman–Crippen LogP) is 12.9. The maximum Gasteiger partial charge on any atom is 0.160 e. The molecule has 2 nitrogen and oxygen atoms in total. The summed E-state index contributed by atoms with van der Waals surface area (Å²) >= 11 is 0. The Bertz CT molecular complexity index is 2840. The molecule has 0 spiro atoms. The standard InChI is InChI=1S/C54H40N2Si/c1-57(2)50-27-13-12-26-49(50)52-53(57)51(48-35-46(38-18-8-4-9-19-38)34-47(36-48)39-20-10-5-11-21-39)55-54(56-52)45-25-15-24-44(33-45)43-23-14-22-42(32-43)41-30-28-40(29-31-41)37-16-6-3-7-17-37/h3-36H,1-2H3. The zero-order chi connectivity index (χ0) is 38.3. The summed E-state index contributed by atoms with van der Waals surface area (Å²) in [5.41, 5.74) is 17.3. The van der Waals surface area contributed by atoms with Crippen molar-refractivity contribution in [2.24, 2.45) is 0 Å². The van der Waals surface area contributed by atoms with Crippen molar-refractivity contribution < 1.29 is 0 Å². The van der Waals surface area contributed by atoms with E-state index >= 15 is 0 Å². The molecule has 1 aromatic heterocycles. The van der Waals surface area contributed by atoms with Crippen molar-refractivity contribution in [3.8, 4) is 89.5 Å². The van der Waals surface area contributed by atoms with E-state index in [-0.39, 0.29) is 0 Å². The van der Waals surface area contributed by atoms with E-state index in [1.54, 1.807) is 0 Å². The second kappa shape index (κ2) is 14.3. The molecule has 0 N–H and O–H groups in total. The summed E-state index contributed by atoms with van der Waals surface area (Å²) in [4.78, 5) is 11.1. The van der Waals surface area contributed by atoms with Crippen LogP contribution in [0.5, 0.6) is 0 Å². The smallest absolute Gasteiger partial charge is 0.160 e. The molecule has 0 atom stereocenters. The van der Waals surface area contributed by atoms with Gasteiger partial charge in [0.1, 0.15) is 8.07 Å². The molecule has 0 saturated carbocycles. The molecule has 9 aromatic rings. The molecule has 0 radical (unpaired) electrons. The second-order valence-corrected chi connectivity index (χ2v) is 19.7. The van der Waals surface area contributed by atoms with Crippen molar-refractivity contribution in [3.05, 3.63) is 206 Å². The van der Waals surface area contributed by atoms with Gasteiger partial charge in [0.25, 0.3) is 0 Å². The Hall–Kier alpha value is -6.94. The predicted molar refractivity (Wildman–Crippen MR) is 242 cm³/mol. The molecule has 1 aliphatic rings. The monoisotopic (exact) mass is 744 g/mol. The van der Waals surface area contributed by atoms with Crippen molar-refractivity contribution in [1.82, 2.24) is 9.97 Å². The van der Waals surface area contributed by atoms with Crippen molar-refractivity contribution in [1.29, 1.82) is 0 Å². The Kier molecular flexibility index (Phi) is 8.66. The van der Waals surface area contributed by atoms with Crippen LogP contribution < -0.4 is 10.4 Å². The highest BCUT2D eigenvalue weighted by Gasteiger charge is 2.41. The lowest BCUT2D eigenvalue weighted by Crippen LogP contribution is -2.50. The van der Waals surface area contributed by atoms with Crippen LogP contribution in [-0.2, 0) is 0 Å². The summed E-state index contributed by atoms with van der Waals surface area (Å²) in [6.45, 7) is 4.90. The lowest BCUT2D eigenvalue weighted by Gasteiger charge is -2.22. The van der Waals surface area contributed by atoms with Gasteiger partial charge in [-0.15, -0.1) is 0 Å². The zero-order valence-corrected chi connectivity index (χ0v) is 33.0. The number of hydrogen-bond acceptors (Lipinski definition) is 2. The van der Waals surface area contributed by atoms with Gasteiger partial charge in [0, 0.05) is 11.1 Å². The quantitative estimate of drug-likeness (QED) is 0.152. The minimum atomic E-state index is -2.18. The van der Waals surface area contributed by atoms with Gasteiger partial charge in [-0.05, 0) is 102 Å². The van der Waals surface area contributed by atoms with E-state index in [2.05, 4.69) is 219 Å². The SMILES string of the molecule is C[Si]1(C)c2ccccc2-c2nc(-c3cccc(-c4cccc(-c5ccc(-c6ccccc6)cc5)c4)c3)nc(-c3cc(-c4ccccc4)cc(-c4ccccc4)c3)c21. The van der Waals surface area contributed by atoms with Crippen molar-refractivity contribution in [3.63, 3.8) is 0 Å². The summed E-state index contributed by atoms with van der Waals surface area (Å²) in [5, 5.41) is 2.72. The molecule has 8 aromatic carbocycles. The van der Waals surface area contributed by atoms with Gasteiger partial charge < -0.3 is 0 Å². The van der Waals surface area contributed by atoms with Gasteiger partial charge >= 0.3 is 0 Å². The lowest BCUT2D eigenvalue weighted by atomic mass is 9.94. The third-order valence-electron chi connectivity index (χ3n) is 11.5. The Balaban J connectivity index is 1.11. The molecule has 0 amide bonds. The van der Waals surface area contributed by atoms with Crippen LogP contribution in [0.1, 0.15) is 0 Å². The minimum absolute atomic E-state index is 0.742. The van der Waals surface area contributed by atoms with Gasteiger partial charge in [-0.3, -0.25) is 0 Å². The molecule has 1 aliphatic heterocycles. The van der Waals surface area contributed by atoms with Crippen molar-refractivity contribution in [2.45, 2.75) is 13.1 Å². The molecule has 0 saturated heterocycles. The molecule has 0 aliphatic carbocycles. The van der Waals surface area contributed by atoms with Gasteiger partial charge in [0.15, 0.2) is 5.82 Å². The fraction of sp³-hybridized carbons (Fsp3) is 0.0370. The highest BCUT2D eigenvalue weighted by atomic mass is 28.3. The maximum absolute atomic E-state index is 5.59. The molecular formula is C54H40N2Si. The first-order chi connectivity index (χ1) is 28.0. The Morgan fingerprint density at radius 3 is 1.25 bits per heavy atom. The third-order valence-corrected chi connectivity index (χ3v) is 15.0. The molecule has 270 valence electrons. The molecular weight excluding hydrogens is 705 g/mol. The topological polar surface area (TPSA) is 25.8 Å². The summed E-state index contributed by atoms with van der Waals surface area (Å²) in [7, 11) is -2.18. The van der Waals surface area contributed by atoms with Gasteiger partial charge in [-0.2, -0.15) is 0 Å². The van der Waals surface area contributed by atoms with Crippen LogP contribution in [0.2, 0.25) is 13.1 Å². The zero-order valence-electron chi connectivity index (χ0n) is 32.0. The molecule has 3 heteroatoms. The van der Waals surface area contributed by atoms with E-state index in [4.69, 9.17) is 9.97 Å². The Morgan fingerprint density at radius 2 is 0.667 bits per heavy atom. The first-order valence-electron chi connectivity index (χ1n) is 19.6. The van der Waals surface area contributed by atoms with Crippen LogP contribution in [0, 0.1) is 0 Å². The van der Waals surface area contributed by atoms with Gasteiger partial charge in [-0.1, -0.05) is 189 Å². The molecule has 0 fully saturated rings. The van der Waals surface area contributed by atoms with E-state index < -0.39 is 8.07 Å². The Labute approximate surface area is 335 Å². The highest BCUT2D eigenvalue weighted by molar-refractivity contribution is 7.04. The number of benzene rings is 8. The van der Waals surface area contributed by atoms with Crippen LogP contribution in [0.4, 0.5) is 0 Å². The van der Waals surface area contributed by atoms with Crippen LogP contribution in [-0.4, -0.2) is 18.0 Å². The van der Waals surface area contributed by atoms with Crippen LogP contribution in [0.3, 0.4) is 0 Å². The largest absolute Gasteiger partial charge is 0.228 e. The van der Waals surface area contributed by atoms with E-state index in [1.165, 1.54) is 60.4 Å². The molecule has 0 unspecified atom stereocenters. The average molecular weight is 745 g/mol. The van der Waals surface area contributed by atoms with Gasteiger partial charge in [0.05, 0.1) is 11.4 Å². The van der Waals surface area contributed by atoms with Crippen LogP contribution in [0.25, 0.3) is 89.5 Å². The number of rotatable bonds is 7.